The molecule has 0 N–H and O–H groups in total. The van der Waals surface area contributed by atoms with E-state index < -0.39 is 0 Å². The number of rotatable bonds is 4. The lowest BCUT2D eigenvalue weighted by Gasteiger charge is -2.17. The van der Waals surface area contributed by atoms with Crippen molar-refractivity contribution in [1.82, 2.24) is 0 Å². The smallest absolute Gasteiger partial charge is 0.0232 e. The van der Waals surface area contributed by atoms with Crippen molar-refractivity contribution in [2.75, 3.05) is 5.88 Å². The molecule has 0 radical (unpaired) electrons. The Kier molecular flexibility index (Phi) is 4.22. The summed E-state index contributed by atoms with van der Waals surface area (Å²) in [5.41, 5.74) is 3.99. The normalized spacial score (nSPS) is 12.4. The lowest BCUT2D eigenvalue weighted by molar-refractivity contribution is 0.782. The van der Waals surface area contributed by atoms with E-state index in [1.165, 1.54) is 16.7 Å². The summed E-state index contributed by atoms with van der Waals surface area (Å²) in [5.74, 6) is 1.10. The van der Waals surface area contributed by atoms with Crippen molar-refractivity contribution >= 4 is 11.6 Å². The minimum Gasteiger partial charge on any atom is -0.127 e. The highest BCUT2D eigenvalue weighted by Crippen LogP contribution is 2.28. The number of aryl methyl sites for hydroxylation is 1. The third kappa shape index (κ3) is 3.10. The summed E-state index contributed by atoms with van der Waals surface area (Å²) >= 11 is 5.93. The highest BCUT2D eigenvalue weighted by molar-refractivity contribution is 6.17. The average molecular weight is 245 g/mol. The average Bonchev–Trinajstić information content (AvgIpc) is 2.38. The first-order chi connectivity index (χ1) is 8.31. The Hall–Kier alpha value is -1.27. The van der Waals surface area contributed by atoms with Crippen LogP contribution in [-0.2, 0) is 0 Å². The van der Waals surface area contributed by atoms with E-state index in [4.69, 9.17) is 11.6 Å². The first kappa shape index (κ1) is 12.2. The third-order valence-corrected chi connectivity index (χ3v) is 3.30. The van der Waals surface area contributed by atoms with Crippen LogP contribution in [-0.4, -0.2) is 5.88 Å². The van der Waals surface area contributed by atoms with Gasteiger partial charge in [0.1, 0.15) is 0 Å². The zero-order valence-corrected chi connectivity index (χ0v) is 10.8. The lowest BCUT2D eigenvalue weighted by Crippen LogP contribution is -2.01. The van der Waals surface area contributed by atoms with E-state index in [9.17, 15) is 0 Å². The predicted octanol–water partition coefficient (Wildman–Crippen LogP) is 4.76. The van der Waals surface area contributed by atoms with Crippen LogP contribution >= 0.6 is 11.6 Å². The molecule has 0 aliphatic rings. The summed E-state index contributed by atoms with van der Waals surface area (Å²) in [6.07, 6.45) is 0.981. The van der Waals surface area contributed by atoms with Crippen LogP contribution < -0.4 is 0 Å². The number of benzene rings is 2. The van der Waals surface area contributed by atoms with Crippen LogP contribution in [0.25, 0.3) is 0 Å². The minimum atomic E-state index is 0.411. The zero-order chi connectivity index (χ0) is 12.1. The maximum absolute atomic E-state index is 5.93. The second kappa shape index (κ2) is 5.88. The van der Waals surface area contributed by atoms with Gasteiger partial charge in [0.2, 0.25) is 0 Å². The third-order valence-electron chi connectivity index (χ3n) is 3.08. The molecule has 0 aliphatic heterocycles. The van der Waals surface area contributed by atoms with Gasteiger partial charge in [-0.25, -0.2) is 0 Å². The molecule has 0 nitrogen and oxygen atoms in total. The van der Waals surface area contributed by atoms with Gasteiger partial charge in [-0.05, 0) is 24.5 Å². The molecule has 0 saturated carbocycles. The molecular formula is C16H17Cl. The number of hydrogen-bond acceptors (Lipinski definition) is 0. The molecule has 0 heterocycles. The Bertz CT molecular complexity index is 445. The van der Waals surface area contributed by atoms with Crippen LogP contribution in [0.15, 0.2) is 54.6 Å². The molecule has 2 aromatic carbocycles. The van der Waals surface area contributed by atoms with Crippen LogP contribution in [0, 0.1) is 6.92 Å². The Morgan fingerprint density at radius 1 is 0.882 bits per heavy atom. The van der Waals surface area contributed by atoms with E-state index in [1.54, 1.807) is 0 Å². The molecule has 0 amide bonds. The lowest BCUT2D eigenvalue weighted by atomic mass is 9.89. The van der Waals surface area contributed by atoms with E-state index in [1.807, 2.05) is 0 Å². The fourth-order valence-corrected chi connectivity index (χ4v) is 2.34. The molecule has 0 spiro atoms. The number of halogens is 1. The number of hydrogen-bond donors (Lipinski definition) is 0. The molecule has 88 valence electrons. The maximum atomic E-state index is 5.93. The van der Waals surface area contributed by atoms with Gasteiger partial charge in [-0.3, -0.25) is 0 Å². The maximum Gasteiger partial charge on any atom is 0.0232 e. The van der Waals surface area contributed by atoms with Gasteiger partial charge in [-0.15, -0.1) is 11.6 Å². The molecule has 1 heteroatoms. The fourth-order valence-electron chi connectivity index (χ4n) is 2.12. The highest BCUT2D eigenvalue weighted by Gasteiger charge is 2.12. The fraction of sp³-hybridized carbons (Fsp3) is 0.250. The van der Waals surface area contributed by atoms with E-state index in [2.05, 4.69) is 61.5 Å². The van der Waals surface area contributed by atoms with E-state index in [-0.39, 0.29) is 0 Å². The number of alkyl halides is 1. The Labute approximate surface area is 108 Å². The van der Waals surface area contributed by atoms with Gasteiger partial charge in [-0.1, -0.05) is 60.2 Å². The molecule has 0 fully saturated rings. The van der Waals surface area contributed by atoms with Gasteiger partial charge >= 0.3 is 0 Å². The first-order valence-corrected chi connectivity index (χ1v) is 6.52. The van der Waals surface area contributed by atoms with Crippen molar-refractivity contribution in [3.63, 3.8) is 0 Å². The predicted molar refractivity (Wildman–Crippen MR) is 74.8 cm³/mol. The Morgan fingerprint density at radius 2 is 1.47 bits per heavy atom. The molecule has 0 saturated heterocycles. The molecule has 2 aromatic rings. The first-order valence-electron chi connectivity index (χ1n) is 5.98. The molecule has 1 atom stereocenters. The second-order valence-electron chi connectivity index (χ2n) is 4.35. The molecule has 0 aromatic heterocycles. The van der Waals surface area contributed by atoms with Crippen molar-refractivity contribution in [3.8, 4) is 0 Å². The molecule has 1 unspecified atom stereocenters. The van der Waals surface area contributed by atoms with E-state index in [0.717, 1.165) is 6.42 Å². The summed E-state index contributed by atoms with van der Waals surface area (Å²) in [5, 5.41) is 0. The van der Waals surface area contributed by atoms with Crippen molar-refractivity contribution in [1.29, 1.82) is 0 Å². The Morgan fingerprint density at radius 3 is 2.06 bits per heavy atom. The van der Waals surface area contributed by atoms with Gasteiger partial charge in [-0.2, -0.15) is 0 Å². The Balaban J connectivity index is 2.32. The SMILES string of the molecule is Cc1ccc(C(CCCl)c2ccccc2)cc1. The minimum absolute atomic E-state index is 0.411. The molecule has 0 bridgehead atoms. The van der Waals surface area contributed by atoms with Crippen LogP contribution in [0.3, 0.4) is 0 Å². The van der Waals surface area contributed by atoms with Crippen LogP contribution in [0.4, 0.5) is 0 Å². The van der Waals surface area contributed by atoms with Crippen molar-refractivity contribution < 1.29 is 0 Å². The monoisotopic (exact) mass is 244 g/mol. The largest absolute Gasteiger partial charge is 0.127 e. The highest BCUT2D eigenvalue weighted by atomic mass is 35.5. The summed E-state index contributed by atoms with van der Waals surface area (Å²) < 4.78 is 0. The van der Waals surface area contributed by atoms with Crippen molar-refractivity contribution in [3.05, 3.63) is 71.3 Å². The van der Waals surface area contributed by atoms with Gasteiger partial charge in [0.05, 0.1) is 0 Å². The van der Waals surface area contributed by atoms with E-state index >= 15 is 0 Å². The summed E-state index contributed by atoms with van der Waals surface area (Å²) in [7, 11) is 0. The second-order valence-corrected chi connectivity index (χ2v) is 4.73. The van der Waals surface area contributed by atoms with Gasteiger partial charge in [0.25, 0.3) is 0 Å². The van der Waals surface area contributed by atoms with Crippen LogP contribution in [0.1, 0.15) is 29.0 Å². The molecule has 0 aliphatic carbocycles. The van der Waals surface area contributed by atoms with E-state index in [0.29, 0.717) is 11.8 Å². The van der Waals surface area contributed by atoms with Gasteiger partial charge in [0, 0.05) is 11.8 Å². The quantitative estimate of drug-likeness (QED) is 0.681. The van der Waals surface area contributed by atoms with Crippen LogP contribution in [0.5, 0.6) is 0 Å². The summed E-state index contributed by atoms with van der Waals surface area (Å²) in [6, 6.07) is 19.3. The molecule has 17 heavy (non-hydrogen) atoms. The topological polar surface area (TPSA) is 0 Å². The van der Waals surface area contributed by atoms with Crippen molar-refractivity contribution in [2.45, 2.75) is 19.3 Å². The van der Waals surface area contributed by atoms with Crippen LogP contribution in [0.2, 0.25) is 0 Å². The zero-order valence-electron chi connectivity index (χ0n) is 10.1. The standard InChI is InChI=1S/C16H17Cl/c1-13-7-9-15(10-8-13)16(11-12-17)14-5-3-2-4-6-14/h2-10,16H,11-12H2,1H3. The summed E-state index contributed by atoms with van der Waals surface area (Å²) in [6.45, 7) is 2.11. The summed E-state index contributed by atoms with van der Waals surface area (Å²) in [4.78, 5) is 0. The van der Waals surface area contributed by atoms with Gasteiger partial charge < -0.3 is 0 Å². The molecule has 2 rings (SSSR count). The van der Waals surface area contributed by atoms with Gasteiger partial charge in [0.15, 0.2) is 0 Å². The van der Waals surface area contributed by atoms with Crippen molar-refractivity contribution in [2.24, 2.45) is 0 Å². The molecular weight excluding hydrogens is 228 g/mol.